The topological polar surface area (TPSA) is 47.9 Å². The Balaban J connectivity index is 2.06. The Bertz CT molecular complexity index is 543. The van der Waals surface area contributed by atoms with Crippen LogP contribution in [0.15, 0.2) is 17.1 Å². The SMILES string of the molecule is Cc1cc(C2(N=C=O)CCC2)cc2c1OCCCO2. The normalized spacial score (nSPS) is 19.8. The number of rotatable bonds is 2. The van der Waals surface area contributed by atoms with E-state index >= 15 is 0 Å². The third-order valence-electron chi connectivity index (χ3n) is 4.01. The number of ether oxygens (including phenoxy) is 2. The van der Waals surface area contributed by atoms with E-state index in [9.17, 15) is 4.79 Å². The first kappa shape index (κ1) is 12.2. The summed E-state index contributed by atoms with van der Waals surface area (Å²) >= 11 is 0. The quantitative estimate of drug-likeness (QED) is 0.606. The van der Waals surface area contributed by atoms with Gasteiger partial charge < -0.3 is 9.47 Å². The molecule has 1 aliphatic carbocycles. The van der Waals surface area contributed by atoms with Crippen LogP contribution in [0.3, 0.4) is 0 Å². The second-order valence-electron chi connectivity index (χ2n) is 5.26. The summed E-state index contributed by atoms with van der Waals surface area (Å²) in [5.41, 5.74) is 1.71. The minimum Gasteiger partial charge on any atom is -0.490 e. The van der Waals surface area contributed by atoms with Crippen molar-refractivity contribution in [2.75, 3.05) is 13.2 Å². The smallest absolute Gasteiger partial charge is 0.235 e. The van der Waals surface area contributed by atoms with E-state index in [0.29, 0.717) is 13.2 Å². The van der Waals surface area contributed by atoms with Crippen molar-refractivity contribution in [1.29, 1.82) is 0 Å². The fraction of sp³-hybridized carbons (Fsp3) is 0.533. The summed E-state index contributed by atoms with van der Waals surface area (Å²) in [5.74, 6) is 1.60. The average molecular weight is 259 g/mol. The zero-order valence-corrected chi connectivity index (χ0v) is 11.1. The van der Waals surface area contributed by atoms with Gasteiger partial charge in [0.1, 0.15) is 0 Å². The summed E-state index contributed by atoms with van der Waals surface area (Å²) in [6.45, 7) is 3.36. The maximum Gasteiger partial charge on any atom is 0.235 e. The summed E-state index contributed by atoms with van der Waals surface area (Å²) in [7, 11) is 0. The standard InChI is InChI=1S/C15H17NO3/c1-11-8-12(15(16-10-17)4-2-5-15)9-13-14(11)19-7-3-6-18-13/h8-9H,2-7H2,1H3. The Morgan fingerprint density at radius 1 is 1.21 bits per heavy atom. The van der Waals surface area contributed by atoms with Crippen LogP contribution in [0.4, 0.5) is 0 Å². The average Bonchev–Trinajstić information content (AvgIpc) is 2.59. The molecule has 1 aliphatic heterocycles. The molecule has 1 aromatic carbocycles. The second kappa shape index (κ2) is 4.71. The van der Waals surface area contributed by atoms with Gasteiger partial charge in [0.05, 0.1) is 18.8 Å². The van der Waals surface area contributed by atoms with E-state index in [4.69, 9.17) is 9.47 Å². The predicted octanol–water partition coefficient (Wildman–Crippen LogP) is 2.87. The van der Waals surface area contributed by atoms with E-state index < -0.39 is 0 Å². The first-order valence-corrected chi connectivity index (χ1v) is 6.75. The van der Waals surface area contributed by atoms with Crippen LogP contribution < -0.4 is 9.47 Å². The van der Waals surface area contributed by atoms with Gasteiger partial charge in [-0.2, -0.15) is 4.99 Å². The van der Waals surface area contributed by atoms with Crippen LogP contribution >= 0.6 is 0 Å². The molecule has 19 heavy (non-hydrogen) atoms. The molecule has 0 spiro atoms. The molecule has 0 aromatic heterocycles. The number of aryl methyl sites for hydroxylation is 1. The summed E-state index contributed by atoms with van der Waals surface area (Å²) < 4.78 is 11.5. The molecule has 1 fully saturated rings. The number of hydrogen-bond acceptors (Lipinski definition) is 4. The van der Waals surface area contributed by atoms with Crippen LogP contribution in [0.5, 0.6) is 11.5 Å². The molecular formula is C15H17NO3. The van der Waals surface area contributed by atoms with Crippen LogP contribution in [-0.2, 0) is 10.3 Å². The molecule has 0 bridgehead atoms. The van der Waals surface area contributed by atoms with E-state index in [2.05, 4.69) is 11.1 Å². The van der Waals surface area contributed by atoms with Crippen molar-refractivity contribution in [1.82, 2.24) is 0 Å². The van der Waals surface area contributed by atoms with Gasteiger partial charge in [-0.15, -0.1) is 0 Å². The zero-order chi connectivity index (χ0) is 13.3. The van der Waals surface area contributed by atoms with E-state index in [1.54, 1.807) is 6.08 Å². The molecule has 3 rings (SSSR count). The molecule has 100 valence electrons. The maximum absolute atomic E-state index is 10.7. The lowest BCUT2D eigenvalue weighted by atomic mass is 9.72. The highest BCUT2D eigenvalue weighted by Crippen LogP contribution is 2.47. The molecule has 1 saturated carbocycles. The molecule has 2 aliphatic rings. The fourth-order valence-corrected chi connectivity index (χ4v) is 2.78. The van der Waals surface area contributed by atoms with Gasteiger partial charge in [0.2, 0.25) is 6.08 Å². The van der Waals surface area contributed by atoms with E-state index in [1.165, 1.54) is 0 Å². The van der Waals surface area contributed by atoms with Crippen LogP contribution in [0.1, 0.15) is 36.8 Å². The number of fused-ring (bicyclic) bond motifs is 1. The van der Waals surface area contributed by atoms with Crippen molar-refractivity contribution < 1.29 is 14.3 Å². The predicted molar refractivity (Wildman–Crippen MR) is 70.4 cm³/mol. The van der Waals surface area contributed by atoms with Crippen LogP contribution in [0.2, 0.25) is 0 Å². The summed E-state index contributed by atoms with van der Waals surface area (Å²) in [6.07, 6.45) is 5.52. The minimum absolute atomic E-state index is 0.378. The molecule has 0 amide bonds. The van der Waals surface area contributed by atoms with Gasteiger partial charge >= 0.3 is 0 Å². The van der Waals surface area contributed by atoms with Gasteiger partial charge in [-0.25, -0.2) is 4.79 Å². The molecule has 0 saturated heterocycles. The van der Waals surface area contributed by atoms with Gasteiger partial charge in [-0.1, -0.05) is 0 Å². The van der Waals surface area contributed by atoms with Crippen molar-refractivity contribution in [2.45, 2.75) is 38.1 Å². The highest BCUT2D eigenvalue weighted by atomic mass is 16.5. The van der Waals surface area contributed by atoms with Crippen LogP contribution in [-0.4, -0.2) is 19.3 Å². The molecule has 0 radical (unpaired) electrons. The maximum atomic E-state index is 10.7. The number of benzene rings is 1. The van der Waals surface area contributed by atoms with E-state index in [0.717, 1.165) is 48.3 Å². The number of hydrogen-bond donors (Lipinski definition) is 0. The van der Waals surface area contributed by atoms with Crippen LogP contribution in [0.25, 0.3) is 0 Å². The van der Waals surface area contributed by atoms with Crippen LogP contribution in [0, 0.1) is 6.92 Å². The lowest BCUT2D eigenvalue weighted by molar-refractivity contribution is 0.253. The minimum atomic E-state index is -0.378. The third-order valence-corrected chi connectivity index (χ3v) is 4.01. The van der Waals surface area contributed by atoms with E-state index in [1.807, 2.05) is 13.0 Å². The Morgan fingerprint density at radius 3 is 2.68 bits per heavy atom. The first-order valence-electron chi connectivity index (χ1n) is 6.75. The summed E-state index contributed by atoms with van der Waals surface area (Å²) in [5, 5.41) is 0. The summed E-state index contributed by atoms with van der Waals surface area (Å²) in [6, 6.07) is 4.04. The highest BCUT2D eigenvalue weighted by Gasteiger charge is 2.39. The van der Waals surface area contributed by atoms with Gasteiger partial charge in [-0.3, -0.25) is 0 Å². The Hall–Kier alpha value is -1.80. The van der Waals surface area contributed by atoms with Gasteiger partial charge in [0.15, 0.2) is 11.5 Å². The van der Waals surface area contributed by atoms with Gasteiger partial charge in [0, 0.05) is 6.42 Å². The molecule has 0 atom stereocenters. The number of carbonyl (C=O) groups excluding carboxylic acids is 1. The molecule has 1 heterocycles. The lowest BCUT2D eigenvalue weighted by Gasteiger charge is -2.37. The lowest BCUT2D eigenvalue weighted by Crippen LogP contribution is -2.32. The van der Waals surface area contributed by atoms with Crippen molar-refractivity contribution in [2.24, 2.45) is 4.99 Å². The molecule has 4 nitrogen and oxygen atoms in total. The first-order chi connectivity index (χ1) is 9.25. The van der Waals surface area contributed by atoms with Crippen molar-refractivity contribution >= 4 is 6.08 Å². The molecule has 1 aromatic rings. The highest BCUT2D eigenvalue weighted by molar-refractivity contribution is 5.52. The van der Waals surface area contributed by atoms with Gasteiger partial charge in [0.25, 0.3) is 0 Å². The van der Waals surface area contributed by atoms with E-state index in [-0.39, 0.29) is 5.54 Å². The largest absolute Gasteiger partial charge is 0.490 e. The van der Waals surface area contributed by atoms with Crippen molar-refractivity contribution in [3.63, 3.8) is 0 Å². The Morgan fingerprint density at radius 2 is 2.00 bits per heavy atom. The van der Waals surface area contributed by atoms with Crippen molar-refractivity contribution in [3.8, 4) is 11.5 Å². The molecule has 0 unspecified atom stereocenters. The van der Waals surface area contributed by atoms with Crippen molar-refractivity contribution in [3.05, 3.63) is 23.3 Å². The zero-order valence-electron chi connectivity index (χ0n) is 11.1. The van der Waals surface area contributed by atoms with Gasteiger partial charge in [-0.05, 0) is 49.4 Å². The summed E-state index contributed by atoms with van der Waals surface area (Å²) in [4.78, 5) is 14.7. The number of nitrogens with zero attached hydrogens (tertiary/aromatic N) is 1. The number of isocyanates is 1. The molecule has 4 heteroatoms. The number of aliphatic imine (C=N–C) groups is 1. The monoisotopic (exact) mass is 259 g/mol. The Labute approximate surface area is 112 Å². The molecule has 0 N–H and O–H groups in total. The Kier molecular flexibility index (Phi) is 3.03. The molecular weight excluding hydrogens is 242 g/mol. The second-order valence-corrected chi connectivity index (χ2v) is 5.26. The third kappa shape index (κ3) is 2.02. The fourth-order valence-electron chi connectivity index (χ4n) is 2.78.